The molecule has 0 aromatic heterocycles. The van der Waals surface area contributed by atoms with E-state index in [1.807, 2.05) is 13.0 Å². The van der Waals surface area contributed by atoms with E-state index in [2.05, 4.69) is 33.0 Å². The Morgan fingerprint density at radius 3 is 3.07 bits per heavy atom. The summed E-state index contributed by atoms with van der Waals surface area (Å²) in [6.45, 7) is 4.34. The van der Waals surface area contributed by atoms with E-state index in [1.54, 1.807) is 0 Å². The van der Waals surface area contributed by atoms with Crippen molar-refractivity contribution in [3.63, 3.8) is 0 Å². The minimum atomic E-state index is 0.290. The van der Waals surface area contributed by atoms with Crippen LogP contribution in [-0.4, -0.2) is 35.7 Å². The third-order valence-corrected chi connectivity index (χ3v) is 3.32. The maximum atomic E-state index is 9.10. The molecule has 1 rings (SSSR count). The van der Waals surface area contributed by atoms with Gasteiger partial charge in [-0.15, -0.1) is 0 Å². The fraction of sp³-hybridized carbons (Fsp3) is 0.636. The highest BCUT2D eigenvalue weighted by molar-refractivity contribution is 9.11. The molecule has 0 radical (unpaired) electrons. The predicted octanol–water partition coefficient (Wildman–Crippen LogP) is 2.30. The third-order valence-electron chi connectivity index (χ3n) is 2.60. The summed E-state index contributed by atoms with van der Waals surface area (Å²) >= 11 is 3.42. The Morgan fingerprint density at radius 1 is 1.64 bits per heavy atom. The number of hydrogen-bond acceptors (Lipinski definition) is 2. The van der Waals surface area contributed by atoms with Crippen LogP contribution in [0.4, 0.5) is 0 Å². The first-order valence-electron chi connectivity index (χ1n) is 5.11. The standard InChI is InChI=1S/C11H18BrNO/c1-2-10(12)5-3-7-13-8-4-6-11(13)9-14/h2-3,5,11,14H,4,6-9H2,1H3/b5-3+,10-2-/t11-/m0/s1. The summed E-state index contributed by atoms with van der Waals surface area (Å²) in [7, 11) is 0. The van der Waals surface area contributed by atoms with Gasteiger partial charge in [-0.25, -0.2) is 0 Å². The molecule has 1 atom stereocenters. The molecular formula is C11H18BrNO. The molecule has 2 nitrogen and oxygen atoms in total. The van der Waals surface area contributed by atoms with Crippen LogP contribution in [0.5, 0.6) is 0 Å². The summed E-state index contributed by atoms with van der Waals surface area (Å²) in [4.78, 5) is 2.33. The zero-order chi connectivity index (χ0) is 10.4. The molecule has 0 aliphatic carbocycles. The van der Waals surface area contributed by atoms with Gasteiger partial charge in [0.1, 0.15) is 0 Å². The molecule has 0 aromatic carbocycles. The van der Waals surface area contributed by atoms with E-state index in [0.29, 0.717) is 12.6 Å². The summed E-state index contributed by atoms with van der Waals surface area (Å²) in [5.74, 6) is 0. The first kappa shape index (κ1) is 12.0. The molecule has 1 fully saturated rings. The Morgan fingerprint density at radius 2 is 2.43 bits per heavy atom. The van der Waals surface area contributed by atoms with Crippen LogP contribution in [0.15, 0.2) is 22.7 Å². The summed E-state index contributed by atoms with van der Waals surface area (Å²) in [6.07, 6.45) is 8.56. The minimum Gasteiger partial charge on any atom is -0.395 e. The highest BCUT2D eigenvalue weighted by Gasteiger charge is 2.21. The van der Waals surface area contributed by atoms with Crippen molar-refractivity contribution in [1.29, 1.82) is 0 Å². The Labute approximate surface area is 94.4 Å². The molecule has 0 saturated carbocycles. The number of nitrogens with zero attached hydrogens (tertiary/aromatic N) is 1. The first-order valence-corrected chi connectivity index (χ1v) is 5.90. The summed E-state index contributed by atoms with van der Waals surface area (Å²) in [6, 6.07) is 0.379. The molecular weight excluding hydrogens is 242 g/mol. The van der Waals surface area contributed by atoms with Crippen LogP contribution < -0.4 is 0 Å². The van der Waals surface area contributed by atoms with Gasteiger partial charge in [-0.3, -0.25) is 4.90 Å². The Kier molecular flexibility index (Phi) is 5.45. The van der Waals surface area contributed by atoms with Crippen molar-refractivity contribution in [3.05, 3.63) is 22.7 Å². The van der Waals surface area contributed by atoms with Crippen molar-refractivity contribution in [2.75, 3.05) is 19.7 Å². The van der Waals surface area contributed by atoms with Gasteiger partial charge in [0, 0.05) is 17.1 Å². The maximum Gasteiger partial charge on any atom is 0.0587 e. The molecule has 1 N–H and O–H groups in total. The van der Waals surface area contributed by atoms with E-state index in [0.717, 1.165) is 24.0 Å². The lowest BCUT2D eigenvalue weighted by Gasteiger charge is -2.20. The SMILES string of the molecule is C/C=C(Br)/C=C/CN1CCC[C@H]1CO. The van der Waals surface area contributed by atoms with Gasteiger partial charge in [-0.05, 0) is 26.3 Å². The lowest BCUT2D eigenvalue weighted by Crippen LogP contribution is -2.32. The molecule has 1 saturated heterocycles. The van der Waals surface area contributed by atoms with Crippen molar-refractivity contribution in [2.45, 2.75) is 25.8 Å². The van der Waals surface area contributed by atoms with Crippen LogP contribution in [0.25, 0.3) is 0 Å². The summed E-state index contributed by atoms with van der Waals surface area (Å²) < 4.78 is 1.11. The number of rotatable bonds is 4. The maximum absolute atomic E-state index is 9.10. The van der Waals surface area contributed by atoms with Crippen molar-refractivity contribution >= 4 is 15.9 Å². The molecule has 80 valence electrons. The summed E-state index contributed by atoms with van der Waals surface area (Å²) in [5.41, 5.74) is 0. The molecule has 1 aliphatic heterocycles. The van der Waals surface area contributed by atoms with Crippen LogP contribution in [0.1, 0.15) is 19.8 Å². The van der Waals surface area contributed by atoms with Gasteiger partial charge in [0.2, 0.25) is 0 Å². The number of likely N-dealkylation sites (tertiary alicyclic amines) is 1. The quantitative estimate of drug-likeness (QED) is 0.784. The zero-order valence-electron chi connectivity index (χ0n) is 8.62. The van der Waals surface area contributed by atoms with Gasteiger partial charge in [-0.1, -0.05) is 34.2 Å². The molecule has 0 unspecified atom stereocenters. The van der Waals surface area contributed by atoms with E-state index >= 15 is 0 Å². The van der Waals surface area contributed by atoms with E-state index in [1.165, 1.54) is 6.42 Å². The monoisotopic (exact) mass is 259 g/mol. The Balaban J connectivity index is 2.33. The lowest BCUT2D eigenvalue weighted by molar-refractivity contribution is 0.170. The predicted molar refractivity (Wildman–Crippen MR) is 63.5 cm³/mol. The fourth-order valence-electron chi connectivity index (χ4n) is 1.74. The summed E-state index contributed by atoms with van der Waals surface area (Å²) in [5, 5.41) is 9.10. The lowest BCUT2D eigenvalue weighted by atomic mass is 10.2. The number of aliphatic hydroxyl groups is 1. The largest absolute Gasteiger partial charge is 0.395 e. The molecule has 0 aromatic rings. The Hall–Kier alpha value is -0.120. The number of halogens is 1. The molecule has 0 bridgehead atoms. The molecule has 0 spiro atoms. The van der Waals surface area contributed by atoms with E-state index in [9.17, 15) is 0 Å². The van der Waals surface area contributed by atoms with Gasteiger partial charge in [0.05, 0.1) is 6.61 Å². The normalized spacial score (nSPS) is 25.1. The number of allylic oxidation sites excluding steroid dienone is 3. The highest BCUT2D eigenvalue weighted by atomic mass is 79.9. The van der Waals surface area contributed by atoms with Crippen LogP contribution in [0.3, 0.4) is 0 Å². The average Bonchev–Trinajstić information content (AvgIpc) is 2.65. The van der Waals surface area contributed by atoms with Crippen molar-refractivity contribution in [2.24, 2.45) is 0 Å². The van der Waals surface area contributed by atoms with E-state index in [4.69, 9.17) is 5.11 Å². The number of aliphatic hydroxyl groups excluding tert-OH is 1. The van der Waals surface area contributed by atoms with Crippen molar-refractivity contribution < 1.29 is 5.11 Å². The van der Waals surface area contributed by atoms with Gasteiger partial charge in [0.15, 0.2) is 0 Å². The molecule has 1 aliphatic rings. The Bertz CT molecular complexity index is 225. The number of hydrogen-bond donors (Lipinski definition) is 1. The smallest absolute Gasteiger partial charge is 0.0587 e. The zero-order valence-corrected chi connectivity index (χ0v) is 10.2. The average molecular weight is 260 g/mol. The molecule has 0 amide bonds. The second kappa shape index (κ2) is 6.38. The van der Waals surface area contributed by atoms with Crippen LogP contribution >= 0.6 is 15.9 Å². The van der Waals surface area contributed by atoms with E-state index in [-0.39, 0.29) is 0 Å². The van der Waals surface area contributed by atoms with Gasteiger partial charge in [-0.2, -0.15) is 0 Å². The van der Waals surface area contributed by atoms with Crippen LogP contribution in [0, 0.1) is 0 Å². The molecule has 3 heteroatoms. The topological polar surface area (TPSA) is 23.5 Å². The highest BCUT2D eigenvalue weighted by Crippen LogP contribution is 2.16. The van der Waals surface area contributed by atoms with Gasteiger partial charge < -0.3 is 5.11 Å². The molecule has 1 heterocycles. The van der Waals surface area contributed by atoms with Crippen molar-refractivity contribution in [1.82, 2.24) is 4.90 Å². The first-order chi connectivity index (χ1) is 6.77. The van der Waals surface area contributed by atoms with Crippen molar-refractivity contribution in [3.8, 4) is 0 Å². The van der Waals surface area contributed by atoms with Crippen LogP contribution in [0.2, 0.25) is 0 Å². The van der Waals surface area contributed by atoms with Gasteiger partial charge in [0.25, 0.3) is 0 Å². The fourth-order valence-corrected chi connectivity index (χ4v) is 1.93. The second-order valence-corrected chi connectivity index (χ2v) is 4.47. The molecule has 14 heavy (non-hydrogen) atoms. The van der Waals surface area contributed by atoms with Gasteiger partial charge >= 0.3 is 0 Å². The van der Waals surface area contributed by atoms with Crippen LogP contribution in [-0.2, 0) is 0 Å². The van der Waals surface area contributed by atoms with E-state index < -0.39 is 0 Å². The second-order valence-electron chi connectivity index (χ2n) is 3.55. The third kappa shape index (κ3) is 3.56. The minimum absolute atomic E-state index is 0.290.